The van der Waals surface area contributed by atoms with E-state index in [1.807, 2.05) is 24.3 Å². The van der Waals surface area contributed by atoms with Crippen LogP contribution in [0, 0.1) is 0 Å². The van der Waals surface area contributed by atoms with Gasteiger partial charge in [0.15, 0.2) is 0 Å². The maximum atomic E-state index is 13.1. The van der Waals surface area contributed by atoms with Crippen LogP contribution in [-0.2, 0) is 6.18 Å². The largest absolute Gasteiger partial charge is 0.416 e. The molecule has 0 aromatic heterocycles. The minimum atomic E-state index is -4.34. The Balaban J connectivity index is 1.69. The van der Waals surface area contributed by atoms with E-state index < -0.39 is 11.7 Å². The molecule has 0 radical (unpaired) electrons. The van der Waals surface area contributed by atoms with Crippen molar-refractivity contribution >= 4 is 53.9 Å². The molecule has 0 N–H and O–H groups in total. The lowest BCUT2D eigenvalue weighted by molar-refractivity contribution is -0.137. The zero-order valence-electron chi connectivity index (χ0n) is 15.8. The van der Waals surface area contributed by atoms with Crippen molar-refractivity contribution in [3.63, 3.8) is 0 Å². The maximum absolute atomic E-state index is 13.1. The summed E-state index contributed by atoms with van der Waals surface area (Å²) >= 11 is 0. The van der Waals surface area contributed by atoms with Gasteiger partial charge < -0.3 is 0 Å². The van der Waals surface area contributed by atoms with Crippen LogP contribution in [0.2, 0.25) is 0 Å². The summed E-state index contributed by atoms with van der Waals surface area (Å²) in [6.07, 6.45) is -4.34. The third-order valence-electron chi connectivity index (χ3n) is 6.06. The van der Waals surface area contributed by atoms with E-state index in [2.05, 4.69) is 42.5 Å². The Morgan fingerprint density at radius 2 is 0.833 bits per heavy atom. The van der Waals surface area contributed by atoms with Crippen molar-refractivity contribution in [2.75, 3.05) is 0 Å². The van der Waals surface area contributed by atoms with Crippen molar-refractivity contribution in [1.29, 1.82) is 0 Å². The molecule has 0 spiro atoms. The Kier molecular flexibility index (Phi) is 3.43. The summed E-state index contributed by atoms with van der Waals surface area (Å²) in [5.41, 5.74) is -0.618. The third kappa shape index (κ3) is 2.42. The monoisotopic (exact) mass is 396 g/mol. The molecule has 0 amide bonds. The molecule has 6 aromatic carbocycles. The standard InChI is InChI=1S/C27H15F3/c28-27(29,30)18-7-10-20-17(15-18)6-9-24-22(20)12-14-25-23-8-5-16-3-1-2-4-19(16)21(23)11-13-26(24)25/h1-15H. The van der Waals surface area contributed by atoms with Crippen LogP contribution >= 0.6 is 0 Å². The molecule has 6 aromatic rings. The van der Waals surface area contributed by atoms with Crippen LogP contribution in [0.25, 0.3) is 53.9 Å². The molecule has 0 aliphatic carbocycles. The van der Waals surface area contributed by atoms with Gasteiger partial charge in [0.1, 0.15) is 0 Å². The van der Waals surface area contributed by atoms with Gasteiger partial charge in [-0.15, -0.1) is 0 Å². The average molecular weight is 396 g/mol. The fourth-order valence-electron chi connectivity index (χ4n) is 4.64. The minimum absolute atomic E-state index is 0.600. The zero-order chi connectivity index (χ0) is 20.5. The van der Waals surface area contributed by atoms with Gasteiger partial charge in [-0.2, -0.15) is 13.2 Å². The van der Waals surface area contributed by atoms with Gasteiger partial charge in [-0.1, -0.05) is 78.9 Å². The summed E-state index contributed by atoms with van der Waals surface area (Å²) < 4.78 is 39.3. The van der Waals surface area contributed by atoms with Gasteiger partial charge in [-0.25, -0.2) is 0 Å². The Labute approximate surface area is 170 Å². The Morgan fingerprint density at radius 3 is 1.43 bits per heavy atom. The van der Waals surface area contributed by atoms with Gasteiger partial charge in [0.2, 0.25) is 0 Å². The second-order valence-corrected chi connectivity index (χ2v) is 7.70. The van der Waals surface area contributed by atoms with Crippen molar-refractivity contribution < 1.29 is 13.2 Å². The number of benzene rings is 6. The van der Waals surface area contributed by atoms with Gasteiger partial charge in [0, 0.05) is 0 Å². The average Bonchev–Trinajstić information content (AvgIpc) is 2.77. The second-order valence-electron chi connectivity index (χ2n) is 7.70. The zero-order valence-corrected chi connectivity index (χ0v) is 15.8. The minimum Gasteiger partial charge on any atom is -0.166 e. The van der Waals surface area contributed by atoms with Gasteiger partial charge in [-0.05, 0) is 66.0 Å². The summed E-state index contributed by atoms with van der Waals surface area (Å²) in [6, 6.07) is 28.7. The molecule has 0 aliphatic rings. The van der Waals surface area contributed by atoms with Gasteiger partial charge in [-0.3, -0.25) is 0 Å². The molecule has 3 heteroatoms. The number of rotatable bonds is 0. The molecule has 30 heavy (non-hydrogen) atoms. The molecule has 0 saturated carbocycles. The number of halogens is 3. The first-order valence-corrected chi connectivity index (χ1v) is 9.78. The third-order valence-corrected chi connectivity index (χ3v) is 6.06. The van der Waals surface area contributed by atoms with Crippen LogP contribution in [-0.4, -0.2) is 0 Å². The summed E-state index contributed by atoms with van der Waals surface area (Å²) in [5, 5.41) is 10.5. The van der Waals surface area contributed by atoms with E-state index in [1.54, 1.807) is 12.1 Å². The lowest BCUT2D eigenvalue weighted by Crippen LogP contribution is -2.04. The molecule has 0 atom stereocenters. The summed E-state index contributed by atoms with van der Waals surface area (Å²) in [4.78, 5) is 0. The van der Waals surface area contributed by atoms with E-state index >= 15 is 0 Å². The van der Waals surface area contributed by atoms with E-state index in [-0.39, 0.29) is 0 Å². The Bertz CT molecular complexity index is 1620. The fourth-order valence-corrected chi connectivity index (χ4v) is 4.64. The molecule has 0 bridgehead atoms. The first-order valence-electron chi connectivity index (χ1n) is 9.78. The quantitative estimate of drug-likeness (QED) is 0.226. The van der Waals surface area contributed by atoms with Crippen molar-refractivity contribution in [1.82, 2.24) is 0 Å². The van der Waals surface area contributed by atoms with Crippen LogP contribution in [0.1, 0.15) is 5.56 Å². The highest BCUT2D eigenvalue weighted by molar-refractivity contribution is 6.24. The van der Waals surface area contributed by atoms with Gasteiger partial charge >= 0.3 is 6.18 Å². The van der Waals surface area contributed by atoms with E-state index in [9.17, 15) is 13.2 Å². The molecule has 0 nitrogen and oxygen atoms in total. The topological polar surface area (TPSA) is 0 Å². The van der Waals surface area contributed by atoms with Gasteiger partial charge in [0.05, 0.1) is 5.56 Å². The van der Waals surface area contributed by atoms with Crippen LogP contribution < -0.4 is 0 Å². The first kappa shape index (κ1) is 17.3. The van der Waals surface area contributed by atoms with Crippen molar-refractivity contribution in [3.05, 3.63) is 96.6 Å². The summed E-state index contributed by atoms with van der Waals surface area (Å²) in [6.45, 7) is 0. The highest BCUT2D eigenvalue weighted by atomic mass is 19.4. The Hall–Kier alpha value is -3.59. The molecular weight excluding hydrogens is 381 g/mol. The molecule has 0 unspecified atom stereocenters. The molecule has 0 heterocycles. The number of alkyl halides is 3. The van der Waals surface area contributed by atoms with Crippen LogP contribution in [0.4, 0.5) is 13.2 Å². The predicted octanol–water partition coefficient (Wildman–Crippen LogP) is 8.47. The fraction of sp³-hybridized carbons (Fsp3) is 0.0370. The number of hydrogen-bond donors (Lipinski definition) is 0. The summed E-state index contributed by atoms with van der Waals surface area (Å²) in [7, 11) is 0. The highest BCUT2D eigenvalue weighted by Crippen LogP contribution is 2.38. The van der Waals surface area contributed by atoms with Crippen molar-refractivity contribution in [2.45, 2.75) is 6.18 Å². The maximum Gasteiger partial charge on any atom is 0.416 e. The second kappa shape index (κ2) is 5.96. The van der Waals surface area contributed by atoms with Crippen molar-refractivity contribution in [2.24, 2.45) is 0 Å². The summed E-state index contributed by atoms with van der Waals surface area (Å²) in [5.74, 6) is 0. The van der Waals surface area contributed by atoms with Crippen LogP contribution in [0.5, 0.6) is 0 Å². The van der Waals surface area contributed by atoms with Crippen molar-refractivity contribution in [3.8, 4) is 0 Å². The SMILES string of the molecule is FC(F)(F)c1ccc2c(ccc3c2ccc2c4ccc5ccccc5c4ccc32)c1. The van der Waals surface area contributed by atoms with Gasteiger partial charge in [0.25, 0.3) is 0 Å². The lowest BCUT2D eigenvalue weighted by Gasteiger charge is -2.12. The molecule has 6 rings (SSSR count). The van der Waals surface area contributed by atoms with E-state index in [1.165, 1.54) is 33.7 Å². The number of fused-ring (bicyclic) bond motifs is 9. The normalized spacial score (nSPS) is 12.5. The highest BCUT2D eigenvalue weighted by Gasteiger charge is 2.30. The lowest BCUT2D eigenvalue weighted by atomic mass is 9.92. The van der Waals surface area contributed by atoms with E-state index in [4.69, 9.17) is 0 Å². The predicted molar refractivity (Wildman–Crippen MR) is 119 cm³/mol. The molecule has 144 valence electrons. The van der Waals surface area contributed by atoms with Crippen LogP contribution in [0.3, 0.4) is 0 Å². The number of hydrogen-bond acceptors (Lipinski definition) is 0. The van der Waals surface area contributed by atoms with E-state index in [0.29, 0.717) is 5.39 Å². The first-order chi connectivity index (χ1) is 14.5. The Morgan fingerprint density at radius 1 is 0.400 bits per heavy atom. The molecule has 0 saturated heterocycles. The molecular formula is C27H15F3. The smallest absolute Gasteiger partial charge is 0.166 e. The van der Waals surface area contributed by atoms with Crippen LogP contribution in [0.15, 0.2) is 91.0 Å². The molecule has 0 fully saturated rings. The van der Waals surface area contributed by atoms with E-state index in [0.717, 1.165) is 26.9 Å². The molecule has 0 aliphatic heterocycles.